The van der Waals surface area contributed by atoms with Gasteiger partial charge in [0.2, 0.25) is 0 Å². The van der Waals surface area contributed by atoms with Gasteiger partial charge in [0.15, 0.2) is 11.5 Å². The van der Waals surface area contributed by atoms with Crippen LogP contribution in [0.15, 0.2) is 18.5 Å². The Kier molecular flexibility index (Phi) is 6.41. The zero-order valence-corrected chi connectivity index (χ0v) is 18.8. The average Bonchev–Trinajstić information content (AvgIpc) is 2.91. The van der Waals surface area contributed by atoms with Gasteiger partial charge in [-0.1, -0.05) is 0 Å². The second-order valence-electron chi connectivity index (χ2n) is 8.18. The number of rotatable bonds is 4. The number of benzene rings is 1. The lowest BCUT2D eigenvalue weighted by Crippen LogP contribution is -2.44. The van der Waals surface area contributed by atoms with Gasteiger partial charge in [-0.3, -0.25) is 0 Å². The summed E-state index contributed by atoms with van der Waals surface area (Å²) < 4.78 is 36.2. The Bertz CT molecular complexity index is 1070. The maximum Gasteiger partial charge on any atom is 0.424 e. The van der Waals surface area contributed by atoms with Gasteiger partial charge in [0, 0.05) is 43.2 Å². The third-order valence-corrected chi connectivity index (χ3v) is 6.00. The van der Waals surface area contributed by atoms with E-state index >= 15 is 0 Å². The van der Waals surface area contributed by atoms with Crippen LogP contribution in [-0.4, -0.2) is 72.7 Å². The standard InChI is InChI=1S/C19H27N5O6S/c1-19(2,3)22-18(26)30-31(27,28)24-7-5-6-23(8-9-24)17-13-10-16(29-4)15(25)11-14(13)20-12-21-17/h10-12,25H,5-9H2,1-4H3,(H,22,26). The molecule has 1 aliphatic rings. The van der Waals surface area contributed by atoms with Gasteiger partial charge in [-0.15, -0.1) is 0 Å². The molecule has 0 spiro atoms. The third kappa shape index (κ3) is 5.44. The van der Waals surface area contributed by atoms with E-state index in [1.54, 1.807) is 26.8 Å². The molecule has 0 bridgehead atoms. The summed E-state index contributed by atoms with van der Waals surface area (Å²) in [5.41, 5.74) is -0.0784. The van der Waals surface area contributed by atoms with Gasteiger partial charge in [0.1, 0.15) is 12.1 Å². The topological polar surface area (TPSA) is 134 Å². The Balaban J connectivity index is 1.78. The first-order valence-electron chi connectivity index (χ1n) is 9.78. The van der Waals surface area contributed by atoms with Crippen molar-refractivity contribution < 1.29 is 27.2 Å². The van der Waals surface area contributed by atoms with Crippen LogP contribution >= 0.6 is 0 Å². The number of methoxy groups -OCH3 is 1. The summed E-state index contributed by atoms with van der Waals surface area (Å²) in [7, 11) is -2.78. The maximum absolute atomic E-state index is 12.6. The van der Waals surface area contributed by atoms with Gasteiger partial charge < -0.3 is 24.2 Å². The normalized spacial score (nSPS) is 16.1. The molecule has 0 saturated carbocycles. The lowest BCUT2D eigenvalue weighted by molar-refractivity contribution is 0.187. The molecule has 2 heterocycles. The second-order valence-corrected chi connectivity index (χ2v) is 9.72. The SMILES string of the molecule is COc1cc2c(N3CCCN(S(=O)(=O)OC(=O)NC(C)(C)C)CC3)ncnc2cc1O. The number of hydrogen-bond acceptors (Lipinski definition) is 9. The molecule has 12 heteroatoms. The summed E-state index contributed by atoms with van der Waals surface area (Å²) in [5.74, 6) is 0.869. The molecule has 31 heavy (non-hydrogen) atoms. The van der Waals surface area contributed by atoms with Crippen molar-refractivity contribution in [2.75, 3.05) is 38.2 Å². The van der Waals surface area contributed by atoms with E-state index in [0.717, 1.165) is 4.31 Å². The molecule has 11 nitrogen and oxygen atoms in total. The minimum Gasteiger partial charge on any atom is -0.504 e. The number of amides is 1. The largest absolute Gasteiger partial charge is 0.504 e. The predicted octanol–water partition coefficient (Wildman–Crippen LogP) is 1.63. The van der Waals surface area contributed by atoms with Gasteiger partial charge in [-0.2, -0.15) is 12.7 Å². The first kappa shape index (κ1) is 22.8. The van der Waals surface area contributed by atoms with E-state index in [1.165, 1.54) is 19.5 Å². The summed E-state index contributed by atoms with van der Waals surface area (Å²) in [6, 6.07) is 3.15. The number of phenols is 1. The van der Waals surface area contributed by atoms with Gasteiger partial charge in [-0.25, -0.2) is 14.8 Å². The summed E-state index contributed by atoms with van der Waals surface area (Å²) in [6.45, 7) is 6.37. The van der Waals surface area contributed by atoms with E-state index in [2.05, 4.69) is 15.3 Å². The number of carbonyl (C=O) groups is 1. The van der Waals surface area contributed by atoms with E-state index in [-0.39, 0.29) is 18.8 Å². The molecule has 1 aliphatic heterocycles. The molecule has 0 aliphatic carbocycles. The van der Waals surface area contributed by atoms with Gasteiger partial charge >= 0.3 is 16.4 Å². The Morgan fingerprint density at radius 2 is 1.90 bits per heavy atom. The molecule has 1 aromatic heterocycles. The highest BCUT2D eigenvalue weighted by atomic mass is 32.2. The van der Waals surface area contributed by atoms with Crippen molar-refractivity contribution >= 4 is 33.1 Å². The molecule has 2 N–H and O–H groups in total. The number of fused-ring (bicyclic) bond motifs is 1. The number of phenolic OH excluding ortho intramolecular Hbond substituents is 1. The van der Waals surface area contributed by atoms with Crippen LogP contribution < -0.4 is 15.0 Å². The van der Waals surface area contributed by atoms with Gasteiger partial charge in [-0.05, 0) is 33.3 Å². The first-order valence-corrected chi connectivity index (χ1v) is 11.1. The average molecular weight is 454 g/mol. The van der Waals surface area contributed by atoms with E-state index in [9.17, 15) is 18.3 Å². The van der Waals surface area contributed by atoms with Crippen molar-refractivity contribution in [1.29, 1.82) is 0 Å². The Morgan fingerprint density at radius 1 is 1.16 bits per heavy atom. The van der Waals surface area contributed by atoms with Crippen LogP contribution in [0.25, 0.3) is 10.9 Å². The maximum atomic E-state index is 12.6. The van der Waals surface area contributed by atoms with Crippen LogP contribution in [0.3, 0.4) is 0 Å². The molecule has 0 radical (unpaired) electrons. The number of hydrogen-bond donors (Lipinski definition) is 2. The van der Waals surface area contributed by atoms with Crippen LogP contribution in [0.5, 0.6) is 11.5 Å². The van der Waals surface area contributed by atoms with E-state index in [4.69, 9.17) is 8.92 Å². The molecule has 0 unspecified atom stereocenters. The molecule has 0 atom stereocenters. The highest BCUT2D eigenvalue weighted by Crippen LogP contribution is 2.34. The Labute approximate surface area is 181 Å². The lowest BCUT2D eigenvalue weighted by Gasteiger charge is -2.24. The van der Waals surface area contributed by atoms with Crippen LogP contribution in [0.4, 0.5) is 10.6 Å². The number of nitrogens with zero attached hydrogens (tertiary/aromatic N) is 4. The number of carbonyl (C=O) groups excluding carboxylic acids is 1. The molecule has 1 amide bonds. The fourth-order valence-corrected chi connectivity index (χ4v) is 4.27. The van der Waals surface area contributed by atoms with E-state index < -0.39 is 21.9 Å². The molecule has 1 saturated heterocycles. The van der Waals surface area contributed by atoms with Gasteiger partial charge in [0.25, 0.3) is 0 Å². The minimum absolute atomic E-state index is 0.0292. The molecular formula is C19H27N5O6S. The quantitative estimate of drug-likeness (QED) is 0.708. The molecule has 1 aromatic carbocycles. The Hall–Kier alpha value is -2.86. The van der Waals surface area contributed by atoms with E-state index in [0.29, 0.717) is 42.0 Å². The van der Waals surface area contributed by atoms with Crippen molar-refractivity contribution in [3.8, 4) is 11.5 Å². The number of nitrogens with one attached hydrogen (secondary N) is 1. The molecule has 2 aromatic rings. The van der Waals surface area contributed by atoms with Crippen LogP contribution in [0.1, 0.15) is 27.2 Å². The zero-order valence-electron chi connectivity index (χ0n) is 18.0. The zero-order chi connectivity index (χ0) is 22.8. The molecule has 170 valence electrons. The minimum atomic E-state index is -4.23. The monoisotopic (exact) mass is 453 g/mol. The summed E-state index contributed by atoms with van der Waals surface area (Å²) >= 11 is 0. The summed E-state index contributed by atoms with van der Waals surface area (Å²) in [4.78, 5) is 22.4. The second kappa shape index (κ2) is 8.71. The number of aromatic hydroxyl groups is 1. The smallest absolute Gasteiger partial charge is 0.424 e. The first-order chi connectivity index (χ1) is 14.5. The van der Waals surface area contributed by atoms with E-state index in [1.807, 2.05) is 4.90 Å². The highest BCUT2D eigenvalue weighted by molar-refractivity contribution is 7.84. The van der Waals surface area contributed by atoms with Gasteiger partial charge in [0.05, 0.1) is 12.6 Å². The van der Waals surface area contributed by atoms with Crippen molar-refractivity contribution in [2.24, 2.45) is 0 Å². The third-order valence-electron chi connectivity index (χ3n) is 4.64. The number of aromatic nitrogens is 2. The van der Waals surface area contributed by atoms with Crippen LogP contribution in [0.2, 0.25) is 0 Å². The van der Waals surface area contributed by atoms with Crippen LogP contribution in [0, 0.1) is 0 Å². The highest BCUT2D eigenvalue weighted by Gasteiger charge is 2.30. The number of ether oxygens (including phenoxy) is 1. The Morgan fingerprint density at radius 3 is 2.58 bits per heavy atom. The fourth-order valence-electron chi connectivity index (χ4n) is 3.28. The van der Waals surface area contributed by atoms with Crippen molar-refractivity contribution in [2.45, 2.75) is 32.7 Å². The summed E-state index contributed by atoms with van der Waals surface area (Å²) in [5, 5.41) is 13.2. The lowest BCUT2D eigenvalue weighted by atomic mass is 10.1. The van der Waals surface area contributed by atoms with Crippen molar-refractivity contribution in [1.82, 2.24) is 19.6 Å². The number of anilines is 1. The van der Waals surface area contributed by atoms with Crippen LogP contribution in [-0.2, 0) is 14.5 Å². The molecular weight excluding hydrogens is 426 g/mol. The predicted molar refractivity (Wildman–Crippen MR) is 114 cm³/mol. The van der Waals surface area contributed by atoms with Crippen molar-refractivity contribution in [3.63, 3.8) is 0 Å². The molecule has 3 rings (SSSR count). The fraction of sp³-hybridized carbons (Fsp3) is 0.526. The summed E-state index contributed by atoms with van der Waals surface area (Å²) in [6.07, 6.45) is 0.884. The van der Waals surface area contributed by atoms with Crippen molar-refractivity contribution in [3.05, 3.63) is 18.5 Å². The molecule has 1 fully saturated rings.